The second-order valence-corrected chi connectivity index (χ2v) is 2.96. The molecule has 0 amide bonds. The second-order valence-electron chi connectivity index (χ2n) is 2.96. The van der Waals surface area contributed by atoms with E-state index in [1.54, 1.807) is 0 Å². The van der Waals surface area contributed by atoms with Crippen molar-refractivity contribution in [1.29, 1.82) is 0 Å². The number of aliphatic hydroxyl groups is 2. The summed E-state index contributed by atoms with van der Waals surface area (Å²) in [6, 6.07) is 0.729. The molecule has 1 aliphatic heterocycles. The Kier molecular flexibility index (Phi) is 1.06. The number of hydrogen-bond acceptors (Lipinski definition) is 3. The third-order valence-corrected chi connectivity index (χ3v) is 2.36. The smallest absolute Gasteiger partial charge is 0.0712 e. The lowest BCUT2D eigenvalue weighted by atomic mass is 10.1. The van der Waals surface area contributed by atoms with Crippen molar-refractivity contribution in [2.24, 2.45) is 5.92 Å². The van der Waals surface area contributed by atoms with Crippen LogP contribution in [0.1, 0.15) is 6.42 Å². The van der Waals surface area contributed by atoms with Gasteiger partial charge in [-0.25, -0.2) is 0 Å². The summed E-state index contributed by atoms with van der Waals surface area (Å²) in [5.74, 6) is 0.310. The first-order valence-corrected chi connectivity index (χ1v) is 3.38. The van der Waals surface area contributed by atoms with Crippen LogP contribution in [0.25, 0.3) is 0 Å². The lowest BCUT2D eigenvalue weighted by molar-refractivity contribution is 0.144. The van der Waals surface area contributed by atoms with Gasteiger partial charge < -0.3 is 15.5 Å². The van der Waals surface area contributed by atoms with Crippen LogP contribution < -0.4 is 5.32 Å². The molecule has 0 spiro atoms. The molecular formula is C6H11NO2. The maximum Gasteiger partial charge on any atom is 0.0712 e. The third kappa shape index (κ3) is 0.689. The third-order valence-electron chi connectivity index (χ3n) is 2.36. The van der Waals surface area contributed by atoms with Crippen molar-refractivity contribution in [3.05, 3.63) is 0 Å². The zero-order chi connectivity index (χ0) is 6.43. The van der Waals surface area contributed by atoms with Crippen molar-refractivity contribution in [2.75, 3.05) is 6.61 Å². The van der Waals surface area contributed by atoms with Crippen molar-refractivity contribution in [3.63, 3.8) is 0 Å². The van der Waals surface area contributed by atoms with Crippen molar-refractivity contribution in [1.82, 2.24) is 5.32 Å². The molecule has 1 heterocycles. The lowest BCUT2D eigenvalue weighted by Gasteiger charge is -2.07. The molecule has 9 heavy (non-hydrogen) atoms. The normalized spacial score (nSPS) is 55.3. The maximum atomic E-state index is 9.17. The van der Waals surface area contributed by atoms with E-state index in [-0.39, 0.29) is 12.7 Å². The Bertz CT molecular complexity index is 128. The summed E-state index contributed by atoms with van der Waals surface area (Å²) in [7, 11) is 0. The fraction of sp³-hybridized carbons (Fsp3) is 1.00. The number of piperidine rings is 1. The number of fused-ring (bicyclic) bond motifs is 1. The summed E-state index contributed by atoms with van der Waals surface area (Å²) in [5.41, 5.74) is 0. The molecule has 2 rings (SSSR count). The molecule has 2 aliphatic rings. The van der Waals surface area contributed by atoms with Gasteiger partial charge in [0.1, 0.15) is 0 Å². The first kappa shape index (κ1) is 5.65. The van der Waals surface area contributed by atoms with E-state index in [0.717, 1.165) is 6.42 Å². The van der Waals surface area contributed by atoms with Crippen LogP contribution in [0.15, 0.2) is 0 Å². The Hall–Kier alpha value is -0.120. The van der Waals surface area contributed by atoms with Gasteiger partial charge in [-0.15, -0.1) is 0 Å². The molecule has 0 radical (unpaired) electrons. The number of rotatable bonds is 1. The largest absolute Gasteiger partial charge is 0.396 e. The number of aliphatic hydroxyl groups excluding tert-OH is 2. The van der Waals surface area contributed by atoms with Crippen LogP contribution in [0.2, 0.25) is 0 Å². The van der Waals surface area contributed by atoms with Gasteiger partial charge in [0.25, 0.3) is 0 Å². The van der Waals surface area contributed by atoms with E-state index < -0.39 is 0 Å². The highest BCUT2D eigenvalue weighted by Crippen LogP contribution is 2.35. The van der Waals surface area contributed by atoms with Gasteiger partial charge in [-0.05, 0) is 6.42 Å². The standard InChI is InChI=1S/C6H11NO2/c8-2-3-1-4(9)6-5(3)7-6/h3-9H,1-2H2. The molecule has 4 unspecified atom stereocenters. The van der Waals surface area contributed by atoms with Gasteiger partial charge >= 0.3 is 0 Å². The van der Waals surface area contributed by atoms with Crippen LogP contribution in [0.4, 0.5) is 0 Å². The Morgan fingerprint density at radius 3 is 2.44 bits per heavy atom. The van der Waals surface area contributed by atoms with Gasteiger partial charge in [0.2, 0.25) is 0 Å². The van der Waals surface area contributed by atoms with Crippen LogP contribution >= 0.6 is 0 Å². The van der Waals surface area contributed by atoms with Crippen LogP contribution in [-0.4, -0.2) is 35.0 Å². The molecule has 4 atom stereocenters. The first-order chi connectivity index (χ1) is 4.33. The van der Waals surface area contributed by atoms with Gasteiger partial charge in [0.15, 0.2) is 0 Å². The molecule has 3 nitrogen and oxygen atoms in total. The van der Waals surface area contributed by atoms with Gasteiger partial charge in [-0.2, -0.15) is 0 Å². The van der Waals surface area contributed by atoms with Gasteiger partial charge in [-0.3, -0.25) is 0 Å². The quantitative estimate of drug-likeness (QED) is 0.386. The number of hydrogen-bond donors (Lipinski definition) is 3. The highest BCUT2D eigenvalue weighted by molar-refractivity contribution is 5.12. The minimum absolute atomic E-state index is 0.202. The van der Waals surface area contributed by atoms with E-state index in [1.807, 2.05) is 0 Å². The zero-order valence-electron chi connectivity index (χ0n) is 5.12. The summed E-state index contributed by atoms with van der Waals surface area (Å²) in [4.78, 5) is 0. The topological polar surface area (TPSA) is 62.4 Å². The molecule has 3 heteroatoms. The summed E-state index contributed by atoms with van der Waals surface area (Å²) in [6.45, 7) is 0.214. The minimum Gasteiger partial charge on any atom is -0.396 e. The number of nitrogens with one attached hydrogen (secondary N) is 1. The average Bonchev–Trinajstić information content (AvgIpc) is 2.56. The van der Waals surface area contributed by atoms with Gasteiger partial charge in [0, 0.05) is 24.6 Å². The Morgan fingerprint density at radius 1 is 1.44 bits per heavy atom. The van der Waals surface area contributed by atoms with Crippen LogP contribution in [0.3, 0.4) is 0 Å². The van der Waals surface area contributed by atoms with E-state index in [1.165, 1.54) is 0 Å². The maximum absolute atomic E-state index is 9.17. The Morgan fingerprint density at radius 2 is 2.22 bits per heavy atom. The highest BCUT2D eigenvalue weighted by atomic mass is 16.3. The van der Waals surface area contributed by atoms with E-state index >= 15 is 0 Å². The van der Waals surface area contributed by atoms with Crippen molar-refractivity contribution in [3.8, 4) is 0 Å². The monoisotopic (exact) mass is 129 g/mol. The SMILES string of the molecule is OCC1CC(O)C2NC12. The summed E-state index contributed by atoms with van der Waals surface area (Å²) < 4.78 is 0. The molecule has 0 aromatic rings. The van der Waals surface area contributed by atoms with Crippen LogP contribution in [-0.2, 0) is 0 Å². The van der Waals surface area contributed by atoms with Crippen molar-refractivity contribution < 1.29 is 10.2 Å². The lowest BCUT2D eigenvalue weighted by Crippen LogP contribution is -2.18. The molecule has 0 bridgehead atoms. The minimum atomic E-state index is -0.202. The summed E-state index contributed by atoms with van der Waals surface area (Å²) in [6.07, 6.45) is 0.575. The van der Waals surface area contributed by atoms with E-state index in [4.69, 9.17) is 10.2 Å². The summed E-state index contributed by atoms with van der Waals surface area (Å²) >= 11 is 0. The van der Waals surface area contributed by atoms with Crippen molar-refractivity contribution >= 4 is 0 Å². The van der Waals surface area contributed by atoms with E-state index in [0.29, 0.717) is 18.0 Å². The van der Waals surface area contributed by atoms with Gasteiger partial charge in [0.05, 0.1) is 6.10 Å². The van der Waals surface area contributed by atoms with E-state index in [2.05, 4.69) is 5.32 Å². The van der Waals surface area contributed by atoms with Gasteiger partial charge in [-0.1, -0.05) is 0 Å². The zero-order valence-corrected chi connectivity index (χ0v) is 5.12. The fourth-order valence-electron chi connectivity index (χ4n) is 1.74. The van der Waals surface area contributed by atoms with Crippen LogP contribution in [0.5, 0.6) is 0 Å². The molecule has 0 aromatic heterocycles. The first-order valence-electron chi connectivity index (χ1n) is 3.38. The highest BCUT2D eigenvalue weighted by Gasteiger charge is 2.53. The second kappa shape index (κ2) is 1.68. The molecule has 1 saturated heterocycles. The molecule has 3 N–H and O–H groups in total. The Labute approximate surface area is 53.7 Å². The molecule has 1 saturated carbocycles. The Balaban J connectivity index is 2.00. The fourth-order valence-corrected chi connectivity index (χ4v) is 1.74. The molecule has 0 aromatic carbocycles. The molecule has 52 valence electrons. The molecular weight excluding hydrogens is 118 g/mol. The molecule has 1 aliphatic carbocycles. The predicted molar refractivity (Wildman–Crippen MR) is 31.9 cm³/mol. The van der Waals surface area contributed by atoms with Crippen molar-refractivity contribution in [2.45, 2.75) is 24.6 Å². The molecule has 2 fully saturated rings. The van der Waals surface area contributed by atoms with E-state index in [9.17, 15) is 0 Å². The van der Waals surface area contributed by atoms with Crippen LogP contribution in [0, 0.1) is 5.92 Å². The average molecular weight is 129 g/mol. The predicted octanol–water partition coefficient (Wildman–Crippen LogP) is -1.30. The summed E-state index contributed by atoms with van der Waals surface area (Å²) in [5, 5.41) is 21.0.